The van der Waals surface area contributed by atoms with Crippen LogP contribution in [0.4, 0.5) is 0 Å². The maximum atomic E-state index is 4.63. The first-order valence-electron chi connectivity index (χ1n) is 9.17. The fourth-order valence-electron chi connectivity index (χ4n) is 3.74. The topological polar surface area (TPSA) is 30.7 Å². The van der Waals surface area contributed by atoms with Crippen LogP contribution in [-0.4, -0.2) is 14.5 Å². The summed E-state index contributed by atoms with van der Waals surface area (Å²) in [6.07, 6.45) is 3.82. The van der Waals surface area contributed by atoms with Crippen LogP contribution in [0.15, 0.2) is 91.4 Å². The minimum Gasteiger partial charge on any atom is -0.322 e. The lowest BCUT2D eigenvalue weighted by Gasteiger charge is -2.15. The van der Waals surface area contributed by atoms with Gasteiger partial charge in [0.2, 0.25) is 0 Å². The quantitative estimate of drug-likeness (QED) is 0.408. The molecule has 0 saturated heterocycles. The van der Waals surface area contributed by atoms with Crippen molar-refractivity contribution in [2.24, 2.45) is 0 Å². The average molecular weight is 349 g/mol. The molecule has 0 N–H and O–H groups in total. The highest BCUT2D eigenvalue weighted by Gasteiger charge is 2.13. The van der Waals surface area contributed by atoms with Gasteiger partial charge in [0.15, 0.2) is 5.65 Å². The molecular weight excluding hydrogens is 330 g/mol. The molecule has 0 bridgehead atoms. The summed E-state index contributed by atoms with van der Waals surface area (Å²) in [5, 5.41) is 2.48. The number of hydrogen-bond acceptors (Lipinski definition) is 2. The normalized spacial score (nSPS) is 12.5. The summed E-state index contributed by atoms with van der Waals surface area (Å²) >= 11 is 0. The van der Waals surface area contributed by atoms with E-state index in [4.69, 9.17) is 0 Å². The Morgan fingerprint density at radius 2 is 1.59 bits per heavy atom. The first kappa shape index (κ1) is 15.8. The second kappa shape index (κ2) is 6.36. The highest BCUT2D eigenvalue weighted by molar-refractivity contribution is 5.97. The first-order valence-corrected chi connectivity index (χ1v) is 9.17. The Morgan fingerprint density at radius 1 is 0.815 bits per heavy atom. The van der Waals surface area contributed by atoms with Gasteiger partial charge in [0.25, 0.3) is 0 Å². The van der Waals surface area contributed by atoms with E-state index in [1.165, 1.54) is 21.9 Å². The smallest absolute Gasteiger partial charge is 0.177 e. The van der Waals surface area contributed by atoms with Crippen molar-refractivity contribution in [2.45, 2.75) is 13.0 Å². The second-order valence-electron chi connectivity index (χ2n) is 6.83. The molecular formula is C24H19N3. The third-order valence-corrected chi connectivity index (χ3v) is 5.23. The first-order chi connectivity index (χ1) is 13.3. The Kier molecular flexibility index (Phi) is 3.72. The molecule has 0 radical (unpaired) electrons. The molecule has 5 rings (SSSR count). The molecule has 0 aliphatic heterocycles. The van der Waals surface area contributed by atoms with Gasteiger partial charge in [0.05, 0.1) is 17.9 Å². The molecule has 0 fully saturated rings. The molecule has 0 aliphatic carbocycles. The molecule has 0 saturated carbocycles. The van der Waals surface area contributed by atoms with E-state index in [2.05, 4.69) is 94.3 Å². The molecule has 5 aromatic rings. The number of hydrogen-bond donors (Lipinski definition) is 0. The van der Waals surface area contributed by atoms with Crippen LogP contribution in [0.25, 0.3) is 33.1 Å². The van der Waals surface area contributed by atoms with Gasteiger partial charge in [0, 0.05) is 11.8 Å². The molecule has 3 aromatic carbocycles. The SMILES string of the molecule is C[C@H](c1ccccc1)n1cnc2ncc(-c3cccc4ccccc34)cc21. The van der Waals surface area contributed by atoms with Crippen molar-refractivity contribution in [1.82, 2.24) is 14.5 Å². The minimum atomic E-state index is 0.195. The number of rotatable bonds is 3. The molecule has 27 heavy (non-hydrogen) atoms. The zero-order chi connectivity index (χ0) is 18.2. The largest absolute Gasteiger partial charge is 0.322 e. The monoisotopic (exact) mass is 349 g/mol. The maximum absolute atomic E-state index is 4.63. The van der Waals surface area contributed by atoms with Crippen LogP contribution in [0.3, 0.4) is 0 Å². The molecule has 2 heterocycles. The molecule has 130 valence electrons. The molecule has 0 spiro atoms. The molecule has 3 heteroatoms. The molecule has 1 atom stereocenters. The van der Waals surface area contributed by atoms with E-state index in [9.17, 15) is 0 Å². The number of pyridine rings is 1. The third kappa shape index (κ3) is 2.68. The summed E-state index contributed by atoms with van der Waals surface area (Å²) in [5.74, 6) is 0. The van der Waals surface area contributed by atoms with Gasteiger partial charge in [-0.25, -0.2) is 9.97 Å². The van der Waals surface area contributed by atoms with Crippen LogP contribution in [0.5, 0.6) is 0 Å². The Morgan fingerprint density at radius 3 is 2.48 bits per heavy atom. The van der Waals surface area contributed by atoms with Crippen molar-refractivity contribution < 1.29 is 0 Å². The predicted octanol–water partition coefficient (Wildman–Crippen LogP) is 5.86. The van der Waals surface area contributed by atoms with Crippen molar-refractivity contribution in [2.75, 3.05) is 0 Å². The molecule has 2 aromatic heterocycles. The van der Waals surface area contributed by atoms with E-state index in [0.29, 0.717) is 0 Å². The van der Waals surface area contributed by atoms with Crippen LogP contribution in [-0.2, 0) is 0 Å². The van der Waals surface area contributed by atoms with Gasteiger partial charge in [-0.15, -0.1) is 0 Å². The molecule has 0 unspecified atom stereocenters. The standard InChI is InChI=1S/C24H19N3/c1-17(18-8-3-2-4-9-18)27-16-26-24-23(27)14-20(15-25-24)22-13-7-11-19-10-5-6-12-21(19)22/h2-17H,1H3/t17-/m1/s1. The van der Waals surface area contributed by atoms with E-state index in [1.807, 2.05) is 18.6 Å². The number of benzene rings is 3. The van der Waals surface area contributed by atoms with Crippen molar-refractivity contribution in [3.63, 3.8) is 0 Å². The summed E-state index contributed by atoms with van der Waals surface area (Å²) in [6.45, 7) is 2.20. The van der Waals surface area contributed by atoms with E-state index in [-0.39, 0.29) is 6.04 Å². The van der Waals surface area contributed by atoms with E-state index < -0.39 is 0 Å². The fraction of sp³-hybridized carbons (Fsp3) is 0.0833. The highest BCUT2D eigenvalue weighted by atomic mass is 15.1. The number of imidazole rings is 1. The van der Waals surface area contributed by atoms with Crippen LogP contribution in [0.1, 0.15) is 18.5 Å². The number of fused-ring (bicyclic) bond motifs is 2. The Hall–Kier alpha value is -3.46. The van der Waals surface area contributed by atoms with Crippen LogP contribution < -0.4 is 0 Å². The Labute approximate surface area is 157 Å². The van der Waals surface area contributed by atoms with Crippen molar-refractivity contribution >= 4 is 21.9 Å². The number of nitrogens with zero attached hydrogens (tertiary/aromatic N) is 3. The van der Waals surface area contributed by atoms with Crippen LogP contribution in [0.2, 0.25) is 0 Å². The van der Waals surface area contributed by atoms with Gasteiger partial charge in [-0.2, -0.15) is 0 Å². The predicted molar refractivity (Wildman–Crippen MR) is 111 cm³/mol. The van der Waals surface area contributed by atoms with Crippen molar-refractivity contribution in [3.05, 3.63) is 97.0 Å². The third-order valence-electron chi connectivity index (χ3n) is 5.23. The minimum absolute atomic E-state index is 0.195. The van der Waals surface area contributed by atoms with Crippen molar-refractivity contribution in [1.29, 1.82) is 0 Å². The van der Waals surface area contributed by atoms with Crippen LogP contribution >= 0.6 is 0 Å². The zero-order valence-electron chi connectivity index (χ0n) is 15.1. The lowest BCUT2D eigenvalue weighted by atomic mass is 9.99. The summed E-state index contributed by atoms with van der Waals surface area (Å²) in [4.78, 5) is 9.14. The van der Waals surface area contributed by atoms with Gasteiger partial charge in [-0.1, -0.05) is 72.8 Å². The highest BCUT2D eigenvalue weighted by Crippen LogP contribution is 2.31. The lowest BCUT2D eigenvalue weighted by Crippen LogP contribution is -2.05. The lowest BCUT2D eigenvalue weighted by molar-refractivity contribution is 0.658. The van der Waals surface area contributed by atoms with Gasteiger partial charge in [0.1, 0.15) is 0 Å². The van der Waals surface area contributed by atoms with E-state index >= 15 is 0 Å². The summed E-state index contributed by atoms with van der Waals surface area (Å²) in [7, 11) is 0. The summed E-state index contributed by atoms with van der Waals surface area (Å²) in [5.41, 5.74) is 5.40. The van der Waals surface area contributed by atoms with Gasteiger partial charge in [-0.3, -0.25) is 0 Å². The Bertz CT molecular complexity index is 1230. The Balaban J connectivity index is 1.67. The van der Waals surface area contributed by atoms with E-state index in [1.54, 1.807) is 0 Å². The zero-order valence-corrected chi connectivity index (χ0v) is 15.1. The van der Waals surface area contributed by atoms with Gasteiger partial charge in [-0.05, 0) is 34.9 Å². The second-order valence-corrected chi connectivity index (χ2v) is 6.83. The van der Waals surface area contributed by atoms with E-state index in [0.717, 1.165) is 16.7 Å². The molecule has 0 aliphatic rings. The molecule has 0 amide bonds. The van der Waals surface area contributed by atoms with Gasteiger partial charge < -0.3 is 4.57 Å². The average Bonchev–Trinajstić information content (AvgIpc) is 3.16. The number of aromatic nitrogens is 3. The van der Waals surface area contributed by atoms with Crippen molar-refractivity contribution in [3.8, 4) is 11.1 Å². The molecule has 3 nitrogen and oxygen atoms in total. The fourth-order valence-corrected chi connectivity index (χ4v) is 3.74. The van der Waals surface area contributed by atoms with Gasteiger partial charge >= 0.3 is 0 Å². The maximum Gasteiger partial charge on any atom is 0.177 e. The summed E-state index contributed by atoms with van der Waals surface area (Å²) in [6, 6.07) is 27.8. The van der Waals surface area contributed by atoms with Crippen LogP contribution in [0, 0.1) is 0 Å². The summed E-state index contributed by atoms with van der Waals surface area (Å²) < 4.78 is 2.20.